The number of carbonyl (C=O) groups excluding carboxylic acids is 2. The van der Waals surface area contributed by atoms with Crippen LogP contribution in [0, 0.1) is 11.6 Å². The fourth-order valence-corrected chi connectivity index (χ4v) is 6.34. The highest BCUT2D eigenvalue weighted by molar-refractivity contribution is 8.26. The SMILES string of the molecule is O=C(CNN1C(=O)/C(=C/c2cc(-c3ccc(F)c(F)c3)cs2)SC1=S)Nc1ccc(N2CCOCC2)c(C(=O)O)c1. The van der Waals surface area contributed by atoms with Gasteiger partial charge in [0.05, 0.1) is 35.9 Å². The van der Waals surface area contributed by atoms with Crippen LogP contribution in [0.5, 0.6) is 0 Å². The van der Waals surface area contributed by atoms with Crippen LogP contribution in [-0.2, 0) is 14.3 Å². The number of thiocarbonyl (C=S) groups is 1. The maximum Gasteiger partial charge on any atom is 0.337 e. The molecule has 2 aliphatic rings. The van der Waals surface area contributed by atoms with Crippen LogP contribution >= 0.6 is 35.3 Å². The van der Waals surface area contributed by atoms with Gasteiger partial charge in [-0.3, -0.25) is 9.59 Å². The molecular formula is C27H22F2N4O5S3. The van der Waals surface area contributed by atoms with Crippen LogP contribution in [-0.4, -0.2) is 65.1 Å². The van der Waals surface area contributed by atoms with Gasteiger partial charge in [-0.15, -0.1) is 11.3 Å². The number of ether oxygens (including phenoxy) is 1. The van der Waals surface area contributed by atoms with Crippen molar-refractivity contribution in [3.05, 3.63) is 74.8 Å². The van der Waals surface area contributed by atoms with Crippen LogP contribution in [0.25, 0.3) is 17.2 Å². The topological polar surface area (TPSA) is 111 Å². The number of morpholine rings is 1. The summed E-state index contributed by atoms with van der Waals surface area (Å²) in [5, 5.41) is 15.2. The number of aromatic carboxylic acids is 1. The van der Waals surface area contributed by atoms with Crippen molar-refractivity contribution in [1.82, 2.24) is 10.4 Å². The first kappa shape index (κ1) is 28.8. The van der Waals surface area contributed by atoms with E-state index in [0.717, 1.165) is 28.9 Å². The second-order valence-corrected chi connectivity index (χ2v) is 11.5. The van der Waals surface area contributed by atoms with Gasteiger partial charge in [-0.2, -0.15) is 0 Å². The van der Waals surface area contributed by atoms with Crippen LogP contribution in [0.2, 0.25) is 0 Å². The van der Waals surface area contributed by atoms with Crippen LogP contribution in [0.4, 0.5) is 20.2 Å². The molecule has 14 heteroatoms. The van der Waals surface area contributed by atoms with Gasteiger partial charge in [0, 0.05) is 23.7 Å². The van der Waals surface area contributed by atoms with Gasteiger partial charge < -0.3 is 20.1 Å². The van der Waals surface area contributed by atoms with Crippen molar-refractivity contribution in [1.29, 1.82) is 0 Å². The molecular weight excluding hydrogens is 595 g/mol. The lowest BCUT2D eigenvalue weighted by Crippen LogP contribution is -2.45. The third kappa shape index (κ3) is 6.63. The number of thioether (sulfide) groups is 1. The number of carboxylic acids is 1. The molecule has 2 fully saturated rings. The van der Waals surface area contributed by atoms with Gasteiger partial charge in [-0.25, -0.2) is 24.0 Å². The smallest absolute Gasteiger partial charge is 0.337 e. The van der Waals surface area contributed by atoms with E-state index in [9.17, 15) is 28.3 Å². The Balaban J connectivity index is 1.20. The number of carbonyl (C=O) groups is 3. The maximum atomic E-state index is 13.6. The van der Waals surface area contributed by atoms with E-state index in [4.69, 9.17) is 17.0 Å². The second kappa shape index (κ2) is 12.4. The minimum atomic E-state index is -1.12. The molecule has 0 saturated carbocycles. The molecule has 0 spiro atoms. The molecule has 0 radical (unpaired) electrons. The summed E-state index contributed by atoms with van der Waals surface area (Å²) in [6, 6.07) is 10.0. The molecule has 9 nitrogen and oxygen atoms in total. The Morgan fingerprint density at radius 1 is 1.07 bits per heavy atom. The number of hydrogen-bond donors (Lipinski definition) is 3. The molecule has 3 N–H and O–H groups in total. The molecule has 0 aliphatic carbocycles. The van der Waals surface area contributed by atoms with Gasteiger partial charge in [0.1, 0.15) is 0 Å². The van der Waals surface area contributed by atoms with E-state index in [1.807, 2.05) is 4.90 Å². The Morgan fingerprint density at radius 3 is 2.59 bits per heavy atom. The first-order chi connectivity index (χ1) is 19.7. The molecule has 212 valence electrons. The van der Waals surface area contributed by atoms with Gasteiger partial charge in [0.15, 0.2) is 16.0 Å². The van der Waals surface area contributed by atoms with Crippen molar-refractivity contribution in [3.63, 3.8) is 0 Å². The molecule has 2 saturated heterocycles. The number of nitrogens with one attached hydrogen (secondary N) is 2. The molecule has 0 atom stereocenters. The maximum absolute atomic E-state index is 13.6. The molecule has 1 aromatic heterocycles. The van der Waals surface area contributed by atoms with Crippen LogP contribution in [0.1, 0.15) is 15.2 Å². The van der Waals surface area contributed by atoms with E-state index in [1.165, 1.54) is 23.5 Å². The Bertz CT molecular complexity index is 1570. The molecule has 0 bridgehead atoms. The van der Waals surface area contributed by atoms with Crippen molar-refractivity contribution in [2.75, 3.05) is 43.1 Å². The highest BCUT2D eigenvalue weighted by Crippen LogP contribution is 2.34. The predicted molar refractivity (Wildman–Crippen MR) is 158 cm³/mol. The van der Waals surface area contributed by atoms with E-state index in [0.29, 0.717) is 58.6 Å². The fourth-order valence-electron chi connectivity index (χ4n) is 4.21. The molecule has 41 heavy (non-hydrogen) atoms. The van der Waals surface area contributed by atoms with Crippen molar-refractivity contribution in [2.24, 2.45) is 0 Å². The minimum Gasteiger partial charge on any atom is -0.478 e. The van der Waals surface area contributed by atoms with Crippen LogP contribution in [0.3, 0.4) is 0 Å². The summed E-state index contributed by atoms with van der Waals surface area (Å²) in [5.41, 5.74) is 4.80. The van der Waals surface area contributed by atoms with Crippen molar-refractivity contribution in [3.8, 4) is 11.1 Å². The molecule has 2 aliphatic heterocycles. The summed E-state index contributed by atoms with van der Waals surface area (Å²) in [7, 11) is 0. The monoisotopic (exact) mass is 616 g/mol. The summed E-state index contributed by atoms with van der Waals surface area (Å²) in [4.78, 5) is 40.4. The summed E-state index contributed by atoms with van der Waals surface area (Å²) in [6.45, 7) is 1.83. The number of hydrazine groups is 1. The van der Waals surface area contributed by atoms with E-state index < -0.39 is 29.4 Å². The Labute approximate surface area is 246 Å². The lowest BCUT2D eigenvalue weighted by molar-refractivity contribution is -0.124. The number of rotatable bonds is 8. The number of amides is 2. The fraction of sp³-hybridized carbons (Fsp3) is 0.185. The number of nitrogens with zero attached hydrogens (tertiary/aromatic N) is 2. The molecule has 2 aromatic carbocycles. The Morgan fingerprint density at radius 2 is 1.85 bits per heavy atom. The van der Waals surface area contributed by atoms with Crippen molar-refractivity contribution >= 4 is 74.9 Å². The van der Waals surface area contributed by atoms with Gasteiger partial charge in [0.25, 0.3) is 5.91 Å². The lowest BCUT2D eigenvalue weighted by atomic mass is 10.1. The highest BCUT2D eigenvalue weighted by atomic mass is 32.2. The van der Waals surface area contributed by atoms with Gasteiger partial charge >= 0.3 is 5.97 Å². The third-order valence-corrected chi connectivity index (χ3v) is 8.38. The van der Waals surface area contributed by atoms with E-state index in [2.05, 4.69) is 10.7 Å². The number of carboxylic acid groups (broad SMARTS) is 1. The summed E-state index contributed by atoms with van der Waals surface area (Å²) in [6.07, 6.45) is 1.64. The third-order valence-electron chi connectivity index (χ3n) is 6.20. The van der Waals surface area contributed by atoms with Crippen molar-refractivity contribution < 1.29 is 33.0 Å². The van der Waals surface area contributed by atoms with Crippen LogP contribution in [0.15, 0.2) is 52.7 Å². The predicted octanol–water partition coefficient (Wildman–Crippen LogP) is 4.57. The zero-order valence-electron chi connectivity index (χ0n) is 21.2. The molecule has 3 aromatic rings. The normalized spacial score (nSPS) is 16.5. The number of hydrogen-bond acceptors (Lipinski definition) is 9. The number of thiophene rings is 1. The Kier molecular flexibility index (Phi) is 8.75. The average Bonchev–Trinajstić information content (AvgIpc) is 3.53. The molecule has 5 rings (SSSR count). The molecule has 0 unspecified atom stereocenters. The number of anilines is 2. The summed E-state index contributed by atoms with van der Waals surface area (Å²) < 4.78 is 32.4. The first-order valence-electron chi connectivity index (χ1n) is 12.2. The van der Waals surface area contributed by atoms with Crippen LogP contribution < -0.4 is 15.6 Å². The Hall–Kier alpha value is -3.69. The zero-order valence-corrected chi connectivity index (χ0v) is 23.6. The zero-order chi connectivity index (χ0) is 29.1. The standard InChI is InChI=1S/C27H22F2N4O5S3/c28-20-3-1-15(10-21(20)29)16-9-18(40-14-16)12-23-25(35)33(27(39)41-23)30-13-24(34)31-17-2-4-22(19(11-17)26(36)37)32-5-7-38-8-6-32/h1-4,9-12,14,30H,5-8,13H2,(H,31,34)(H,36,37)/b23-12-. The van der Waals surface area contributed by atoms with Gasteiger partial charge in [-0.1, -0.05) is 30.0 Å². The average molecular weight is 617 g/mol. The largest absolute Gasteiger partial charge is 0.478 e. The van der Waals surface area contributed by atoms with Crippen molar-refractivity contribution in [2.45, 2.75) is 0 Å². The summed E-state index contributed by atoms with van der Waals surface area (Å²) in [5.74, 6) is -3.95. The quantitative estimate of drug-likeness (QED) is 0.248. The van der Waals surface area contributed by atoms with E-state index >= 15 is 0 Å². The second-order valence-electron chi connectivity index (χ2n) is 8.90. The number of halogens is 2. The minimum absolute atomic E-state index is 0.0565. The van der Waals surface area contributed by atoms with E-state index in [1.54, 1.807) is 29.7 Å². The van der Waals surface area contributed by atoms with E-state index in [-0.39, 0.29) is 16.4 Å². The molecule has 2 amide bonds. The van der Waals surface area contributed by atoms with Gasteiger partial charge in [0.2, 0.25) is 5.91 Å². The first-order valence-corrected chi connectivity index (χ1v) is 14.4. The highest BCUT2D eigenvalue weighted by Gasteiger charge is 2.32. The molecule has 3 heterocycles. The van der Waals surface area contributed by atoms with Gasteiger partial charge in [-0.05, 0) is 59.0 Å². The summed E-state index contributed by atoms with van der Waals surface area (Å²) >= 11 is 7.68. The number of benzene rings is 2. The lowest BCUT2D eigenvalue weighted by Gasteiger charge is -2.30.